The summed E-state index contributed by atoms with van der Waals surface area (Å²) in [6, 6.07) is 13.6. The number of benzene rings is 2. The molecule has 9 atom stereocenters. The molecule has 85 heavy (non-hydrogen) atoms. The lowest BCUT2D eigenvalue weighted by Gasteiger charge is -2.64. The van der Waals surface area contributed by atoms with Gasteiger partial charge in [0.2, 0.25) is 5.91 Å². The third kappa shape index (κ3) is 21.8. The van der Waals surface area contributed by atoms with Crippen LogP contribution in [-0.2, 0) is 80.7 Å². The van der Waals surface area contributed by atoms with Crippen LogP contribution in [0.15, 0.2) is 72.3 Å². The second-order valence-corrected chi connectivity index (χ2v) is 21.2. The Morgan fingerprint density at radius 3 is 1.53 bits per heavy atom. The van der Waals surface area contributed by atoms with E-state index in [-0.39, 0.29) is 50.4 Å². The summed E-state index contributed by atoms with van der Waals surface area (Å²) < 4.78 is 118. The van der Waals surface area contributed by atoms with Crippen molar-refractivity contribution in [3.05, 3.63) is 77.9 Å². The number of amides is 1. The molecule has 0 radical (unpaired) electrons. The van der Waals surface area contributed by atoms with E-state index in [2.05, 4.69) is 5.32 Å². The number of anilines is 1. The predicted octanol–water partition coefficient (Wildman–Crippen LogP) is 4.86. The molecule has 6 rings (SSSR count). The van der Waals surface area contributed by atoms with Gasteiger partial charge in [-0.15, -0.1) is 0 Å². The molecule has 1 saturated heterocycles. The highest BCUT2D eigenvalue weighted by Gasteiger charge is 2.71. The lowest BCUT2D eigenvalue weighted by Crippen LogP contribution is -2.70. The molecular formula is C61H90F2N2O20. The zero-order valence-electron chi connectivity index (χ0n) is 49.3. The Bertz CT molecular complexity index is 2300. The normalized spacial score (nSPS) is 25.5. The summed E-state index contributed by atoms with van der Waals surface area (Å²) in [4.78, 5) is 38.4. The van der Waals surface area contributed by atoms with Crippen molar-refractivity contribution in [1.82, 2.24) is 0 Å². The number of aliphatic hydroxyl groups is 2. The first-order chi connectivity index (χ1) is 41.3. The van der Waals surface area contributed by atoms with E-state index in [0.29, 0.717) is 181 Å². The van der Waals surface area contributed by atoms with Crippen molar-refractivity contribution in [3.8, 4) is 11.5 Å². The van der Waals surface area contributed by atoms with Gasteiger partial charge in [-0.05, 0) is 86.2 Å². The molecule has 2 aromatic rings. The van der Waals surface area contributed by atoms with Gasteiger partial charge >= 0.3 is 0 Å². The van der Waals surface area contributed by atoms with Crippen LogP contribution in [0.2, 0.25) is 0 Å². The van der Waals surface area contributed by atoms with E-state index in [1.165, 1.54) is 19.1 Å². The minimum atomic E-state index is -2.36. The van der Waals surface area contributed by atoms with Gasteiger partial charge in [0.25, 0.3) is 0 Å². The number of nitrogens with two attached hydrogens (primary N) is 1. The van der Waals surface area contributed by atoms with E-state index in [0.717, 1.165) is 6.08 Å². The number of fused-ring (bicyclic) bond motifs is 5. The molecule has 478 valence electrons. The molecule has 24 heteroatoms. The molecule has 1 heterocycles. The smallest absolute Gasteiger partial charge is 0.226 e. The molecule has 0 aromatic heterocycles. The first-order valence-electron chi connectivity index (χ1n) is 29.5. The van der Waals surface area contributed by atoms with Gasteiger partial charge < -0.3 is 92.3 Å². The maximum Gasteiger partial charge on any atom is 0.226 e. The summed E-state index contributed by atoms with van der Waals surface area (Å²) in [5.74, 6) is -2.12. The van der Waals surface area contributed by atoms with E-state index in [1.807, 2.05) is 0 Å². The highest BCUT2D eigenvalue weighted by atomic mass is 19.1. The number of carbonyl (C=O) groups is 3. The van der Waals surface area contributed by atoms with E-state index in [4.69, 9.17) is 76.8 Å². The number of aliphatic hydroxyl groups excluding tert-OH is 2. The Balaban J connectivity index is 0.727. The molecule has 1 unspecified atom stereocenters. The van der Waals surface area contributed by atoms with Crippen LogP contribution in [0.25, 0.3) is 0 Å². The van der Waals surface area contributed by atoms with Gasteiger partial charge in [0.05, 0.1) is 178 Å². The molecule has 1 amide bonds. The van der Waals surface area contributed by atoms with Crippen LogP contribution in [0.5, 0.6) is 11.5 Å². The number of allylic oxidation sites excluding steroid dienone is 4. The third-order valence-corrected chi connectivity index (χ3v) is 15.4. The SMILES string of the molecule is C[C@]12C[C@H](O)[C@@]3(F)[C@@H](C[C@H](F)C4=CC(=O)C=C[C@@]43C)[C@@H]1CCOC(c1ccc(Oc3ccc(NC(=O)CCOCCOCCOCCOCCOCCOCCOCCOCCOCCOCCOCCOCCN)cc3)cc1)O[C@H]2C(=O)CO. The van der Waals surface area contributed by atoms with Crippen LogP contribution in [0, 0.1) is 22.7 Å². The number of nitrogens with one attached hydrogen (secondary N) is 1. The summed E-state index contributed by atoms with van der Waals surface area (Å²) in [7, 11) is 0. The Morgan fingerprint density at radius 2 is 1.08 bits per heavy atom. The zero-order chi connectivity index (χ0) is 60.6. The highest BCUT2D eigenvalue weighted by molar-refractivity contribution is 6.01. The fourth-order valence-electron chi connectivity index (χ4n) is 11.2. The molecule has 5 N–H and O–H groups in total. The van der Waals surface area contributed by atoms with Gasteiger partial charge in [-0.25, -0.2) is 8.78 Å². The fourth-order valence-corrected chi connectivity index (χ4v) is 11.2. The van der Waals surface area contributed by atoms with Crippen LogP contribution in [-0.4, -0.2) is 230 Å². The summed E-state index contributed by atoms with van der Waals surface area (Å²) in [5, 5.41) is 24.7. The van der Waals surface area contributed by atoms with Gasteiger partial charge in [0, 0.05) is 34.5 Å². The van der Waals surface area contributed by atoms with Crippen molar-refractivity contribution >= 4 is 23.2 Å². The van der Waals surface area contributed by atoms with Crippen LogP contribution >= 0.6 is 0 Å². The van der Waals surface area contributed by atoms with Crippen LogP contribution in [0.4, 0.5) is 14.5 Å². The molecule has 3 fully saturated rings. The van der Waals surface area contributed by atoms with Crippen LogP contribution in [0.3, 0.4) is 0 Å². The first-order valence-corrected chi connectivity index (χ1v) is 29.5. The number of halogens is 2. The molecule has 1 aliphatic heterocycles. The van der Waals surface area contributed by atoms with E-state index in [9.17, 15) is 24.6 Å². The maximum atomic E-state index is 17.7. The highest BCUT2D eigenvalue weighted by Crippen LogP contribution is 2.66. The number of ketones is 2. The number of hydrogen-bond donors (Lipinski definition) is 4. The standard InChI is InChI=1S/C61H90F2N2O20/c1-59-43-55(69)61(63)51(42-53(62)52-41-47(67)11-14-60(52,61)2)50(59)12-17-83-58(85-57(59)54(68)44-66)45-3-7-48(8-4-45)84-49-9-5-46(6-10-49)65-56(70)13-16-71-19-21-73-23-25-75-27-29-77-31-33-79-35-37-81-39-40-82-38-36-80-34-32-78-30-28-76-26-24-74-22-20-72-18-15-64/h3-11,14,41,50-51,53,55,57-58,66,69H,12-13,15-40,42-44,64H2,1-2H3,(H,65,70)/t50-,51-,53-,55-,57-,58?,59-,60-,61-/m0/s1. The summed E-state index contributed by atoms with van der Waals surface area (Å²) >= 11 is 0. The lowest BCUT2D eigenvalue weighted by molar-refractivity contribution is -0.271. The fraction of sp³-hybridized carbons (Fsp3) is 0.689. The van der Waals surface area contributed by atoms with E-state index < -0.39 is 71.2 Å². The minimum Gasteiger partial charge on any atom is -0.457 e. The molecule has 3 aliphatic carbocycles. The van der Waals surface area contributed by atoms with Gasteiger partial charge in [0.15, 0.2) is 23.5 Å². The van der Waals surface area contributed by atoms with Gasteiger partial charge in [-0.3, -0.25) is 14.4 Å². The molecular weight excluding hydrogens is 1120 g/mol. The Labute approximate surface area is 497 Å². The lowest BCUT2D eigenvalue weighted by atomic mass is 9.43. The number of rotatable bonds is 44. The largest absolute Gasteiger partial charge is 0.457 e. The van der Waals surface area contributed by atoms with Crippen LogP contribution in [0.1, 0.15) is 51.4 Å². The third-order valence-electron chi connectivity index (χ3n) is 15.4. The Morgan fingerprint density at radius 1 is 0.647 bits per heavy atom. The van der Waals surface area contributed by atoms with Gasteiger partial charge in [-0.1, -0.05) is 25.1 Å². The van der Waals surface area contributed by atoms with Crippen molar-refractivity contribution in [2.75, 3.05) is 184 Å². The molecule has 22 nitrogen and oxygen atoms in total. The second-order valence-electron chi connectivity index (χ2n) is 21.2. The van der Waals surface area contributed by atoms with Crippen LogP contribution < -0.4 is 15.8 Å². The van der Waals surface area contributed by atoms with Crippen molar-refractivity contribution in [2.45, 2.75) is 69.9 Å². The maximum absolute atomic E-state index is 17.7. The summed E-state index contributed by atoms with van der Waals surface area (Å²) in [5.41, 5.74) is 1.29. The van der Waals surface area contributed by atoms with Crippen molar-refractivity contribution in [2.24, 2.45) is 28.4 Å². The average molecular weight is 1210 g/mol. The molecule has 2 aromatic carbocycles. The quantitative estimate of drug-likeness (QED) is 0.0646. The van der Waals surface area contributed by atoms with Crippen molar-refractivity contribution < 1.29 is 104 Å². The average Bonchev–Trinajstić information content (AvgIpc) is 0.740. The van der Waals surface area contributed by atoms with E-state index >= 15 is 8.78 Å². The molecule has 0 spiro atoms. The molecule has 2 saturated carbocycles. The number of carbonyl (C=O) groups excluding carboxylic acids is 3. The summed E-state index contributed by atoms with van der Waals surface area (Å²) in [6.45, 7) is 13.7. The van der Waals surface area contributed by atoms with Gasteiger partial charge in [-0.2, -0.15) is 0 Å². The first kappa shape index (κ1) is 69.8. The van der Waals surface area contributed by atoms with E-state index in [1.54, 1.807) is 55.5 Å². The Kier molecular flexibility index (Phi) is 31.4. The number of ether oxygens (including phenoxy) is 15. The number of alkyl halides is 2. The Hall–Kier alpha value is -4.29. The number of Topliss-reactive ketones (excluding diaryl/α,β-unsaturated/α-hetero) is 1. The predicted molar refractivity (Wildman–Crippen MR) is 305 cm³/mol. The van der Waals surface area contributed by atoms with Gasteiger partial charge in [0.1, 0.15) is 30.4 Å². The zero-order valence-corrected chi connectivity index (χ0v) is 49.3. The van der Waals surface area contributed by atoms with Crippen molar-refractivity contribution in [3.63, 3.8) is 0 Å². The monoisotopic (exact) mass is 1210 g/mol. The topological polar surface area (TPSA) is 268 Å². The van der Waals surface area contributed by atoms with Crippen molar-refractivity contribution in [1.29, 1.82) is 0 Å². The summed E-state index contributed by atoms with van der Waals surface area (Å²) in [6.07, 6.45) is -2.16. The minimum absolute atomic E-state index is 0.00195. The number of hydrogen-bond acceptors (Lipinski definition) is 21. The second kappa shape index (κ2) is 38.2. The molecule has 4 aliphatic rings. The molecule has 0 bridgehead atoms.